The van der Waals surface area contributed by atoms with Crippen molar-refractivity contribution in [3.63, 3.8) is 0 Å². The van der Waals surface area contributed by atoms with Crippen LogP contribution < -0.4 is 20.9 Å². The lowest BCUT2D eigenvalue weighted by Gasteiger charge is -2.59. The third-order valence-electron chi connectivity index (χ3n) is 8.04. The van der Waals surface area contributed by atoms with E-state index < -0.39 is 11.0 Å². The van der Waals surface area contributed by atoms with Crippen LogP contribution in [0.15, 0.2) is 12.3 Å². The van der Waals surface area contributed by atoms with Gasteiger partial charge in [0, 0.05) is 19.2 Å². The Bertz CT molecular complexity index is 1060. The first-order valence-corrected chi connectivity index (χ1v) is 13.8. The molecular weight excluding hydrogens is 486 g/mol. The van der Waals surface area contributed by atoms with Crippen LogP contribution in [0.25, 0.3) is 6.20 Å². The van der Waals surface area contributed by atoms with Gasteiger partial charge >= 0.3 is 0 Å². The number of aromatic nitrogens is 2. The predicted octanol–water partition coefficient (Wildman–Crippen LogP) is 3.30. The highest BCUT2D eigenvalue weighted by molar-refractivity contribution is 5.96. The molecule has 38 heavy (non-hydrogen) atoms. The molecule has 4 fully saturated rings. The monoisotopic (exact) mass is 529 g/mol. The Kier molecular flexibility index (Phi) is 8.20. The highest BCUT2D eigenvalue weighted by Crippen LogP contribution is 2.60. The maximum atomic E-state index is 13.6. The van der Waals surface area contributed by atoms with E-state index in [1.54, 1.807) is 10.9 Å². The molecule has 210 valence electrons. The zero-order chi connectivity index (χ0) is 27.7. The van der Waals surface area contributed by atoms with E-state index in [-0.39, 0.29) is 41.5 Å². The van der Waals surface area contributed by atoms with Gasteiger partial charge in [-0.3, -0.25) is 19.2 Å². The van der Waals surface area contributed by atoms with E-state index in [9.17, 15) is 14.4 Å². The van der Waals surface area contributed by atoms with Gasteiger partial charge in [-0.15, -0.1) is 0 Å². The van der Waals surface area contributed by atoms with Crippen LogP contribution in [0.4, 0.5) is 0 Å². The molecule has 1 aromatic rings. The maximum absolute atomic E-state index is 13.6. The second-order valence-electron chi connectivity index (χ2n) is 12.3. The number of ether oxygens (including phenoxy) is 1. The van der Waals surface area contributed by atoms with Crippen molar-refractivity contribution in [3.8, 4) is 5.88 Å². The Morgan fingerprint density at radius 1 is 1.21 bits per heavy atom. The summed E-state index contributed by atoms with van der Waals surface area (Å²) in [6.07, 6.45) is 9.56. The Balaban J connectivity index is 1.51. The van der Waals surface area contributed by atoms with Crippen LogP contribution in [0, 0.1) is 29.1 Å². The average Bonchev–Trinajstić information content (AvgIpc) is 3.23. The summed E-state index contributed by atoms with van der Waals surface area (Å²) in [5, 5.41) is 10.6. The van der Waals surface area contributed by atoms with E-state index in [0.29, 0.717) is 30.6 Å². The molecule has 2 atom stereocenters. The van der Waals surface area contributed by atoms with E-state index >= 15 is 0 Å². The van der Waals surface area contributed by atoms with Crippen molar-refractivity contribution in [3.05, 3.63) is 17.8 Å². The largest absolute Gasteiger partial charge is 0.477 e. The number of carbonyl (C=O) groups excluding carboxylic acids is 3. The number of nitrogens with one attached hydrogen (secondary N) is 3. The standard InChI is InChI=1S/C28H43N5O5/c1-7-38-32-26(36)28-12-19-10-20(13-28)23(21(11-19)14-28)30-24(35)22-15-29-33(25(22)37-16-17(2)3)9-8-27(5,6)31-18(4)34/h8-9,15,17,19-21,23H,7,10-14,16H2,1-6H3,(H,30,35)(H,31,34)(H,32,36)/b9-8+/t19?,20?,21?,23-,28-. The molecule has 1 heterocycles. The van der Waals surface area contributed by atoms with E-state index in [1.165, 1.54) is 13.1 Å². The number of carbonyl (C=O) groups is 3. The fourth-order valence-electron chi connectivity index (χ4n) is 6.77. The summed E-state index contributed by atoms with van der Waals surface area (Å²) in [6.45, 7) is 12.0. The zero-order valence-electron chi connectivity index (χ0n) is 23.5. The number of rotatable bonds is 11. The molecule has 4 aliphatic carbocycles. The van der Waals surface area contributed by atoms with Gasteiger partial charge in [0.1, 0.15) is 5.56 Å². The van der Waals surface area contributed by atoms with Crippen molar-refractivity contribution in [2.24, 2.45) is 29.1 Å². The third-order valence-corrected chi connectivity index (χ3v) is 8.04. The van der Waals surface area contributed by atoms with E-state index in [0.717, 1.165) is 32.1 Å². The molecule has 3 N–H and O–H groups in total. The first-order valence-electron chi connectivity index (χ1n) is 13.8. The van der Waals surface area contributed by atoms with Crippen molar-refractivity contribution >= 4 is 23.9 Å². The minimum absolute atomic E-state index is 0.0110. The Morgan fingerprint density at radius 3 is 2.50 bits per heavy atom. The first kappa shape index (κ1) is 28.1. The Hall–Kier alpha value is -2.88. The van der Waals surface area contributed by atoms with Crippen molar-refractivity contribution in [2.45, 2.75) is 85.2 Å². The summed E-state index contributed by atoms with van der Waals surface area (Å²) < 4.78 is 7.61. The molecule has 0 aromatic carbocycles. The molecule has 5 rings (SSSR count). The third kappa shape index (κ3) is 6.06. The van der Waals surface area contributed by atoms with Crippen LogP contribution >= 0.6 is 0 Å². The normalized spacial score (nSPS) is 28.1. The molecule has 1 aromatic heterocycles. The van der Waals surface area contributed by atoms with Gasteiger partial charge < -0.3 is 15.4 Å². The summed E-state index contributed by atoms with van der Waals surface area (Å²) in [5.41, 5.74) is 2.04. The molecule has 3 amide bonds. The summed E-state index contributed by atoms with van der Waals surface area (Å²) in [4.78, 5) is 43.3. The average molecular weight is 530 g/mol. The van der Waals surface area contributed by atoms with Gasteiger partial charge in [-0.05, 0) is 82.6 Å². The number of hydrogen-bond acceptors (Lipinski definition) is 6. The van der Waals surface area contributed by atoms with Gasteiger partial charge in [0.15, 0.2) is 0 Å². The molecule has 0 aliphatic heterocycles. The number of hydroxylamine groups is 1. The highest BCUT2D eigenvalue weighted by atomic mass is 16.6. The van der Waals surface area contributed by atoms with Crippen LogP contribution in [-0.2, 0) is 14.4 Å². The minimum Gasteiger partial charge on any atom is -0.477 e. The smallest absolute Gasteiger partial charge is 0.258 e. The fraction of sp³-hybridized carbons (Fsp3) is 0.714. The lowest BCUT2D eigenvalue weighted by atomic mass is 9.47. The molecular formula is C28H43N5O5. The van der Waals surface area contributed by atoms with E-state index in [2.05, 4.69) is 21.2 Å². The second kappa shape index (κ2) is 11.1. The molecule has 4 saturated carbocycles. The molecule has 4 bridgehead atoms. The maximum Gasteiger partial charge on any atom is 0.258 e. The minimum atomic E-state index is -0.597. The number of hydrogen-bond donors (Lipinski definition) is 3. The van der Waals surface area contributed by atoms with Gasteiger partial charge in [0.05, 0.1) is 30.4 Å². The second-order valence-corrected chi connectivity index (χ2v) is 12.3. The van der Waals surface area contributed by atoms with E-state index in [4.69, 9.17) is 9.57 Å². The van der Waals surface area contributed by atoms with E-state index in [1.807, 2.05) is 40.7 Å². The van der Waals surface area contributed by atoms with Crippen LogP contribution in [0.2, 0.25) is 0 Å². The Labute approximate surface area is 225 Å². The topological polar surface area (TPSA) is 124 Å². The quantitative estimate of drug-likeness (QED) is 0.378. The molecule has 4 aliphatic rings. The molecule has 10 heteroatoms. The van der Waals surface area contributed by atoms with Crippen molar-refractivity contribution in [1.82, 2.24) is 25.9 Å². The summed E-state index contributed by atoms with van der Waals surface area (Å²) >= 11 is 0. The Morgan fingerprint density at radius 2 is 1.89 bits per heavy atom. The van der Waals surface area contributed by atoms with Crippen LogP contribution in [0.1, 0.15) is 84.0 Å². The lowest BCUT2D eigenvalue weighted by Crippen LogP contribution is -2.62. The molecule has 0 spiro atoms. The fourth-order valence-corrected chi connectivity index (χ4v) is 6.77. The number of nitrogens with zero attached hydrogens (tertiary/aromatic N) is 2. The van der Waals surface area contributed by atoms with Crippen LogP contribution in [0.5, 0.6) is 5.88 Å². The molecule has 0 saturated heterocycles. The van der Waals surface area contributed by atoms with Crippen LogP contribution in [-0.4, -0.2) is 52.3 Å². The van der Waals surface area contributed by atoms with Crippen molar-refractivity contribution < 1.29 is 24.0 Å². The van der Waals surface area contributed by atoms with Gasteiger partial charge in [-0.25, -0.2) is 10.2 Å². The first-order chi connectivity index (χ1) is 17.9. The van der Waals surface area contributed by atoms with Gasteiger partial charge in [0.2, 0.25) is 17.7 Å². The van der Waals surface area contributed by atoms with Gasteiger partial charge in [-0.2, -0.15) is 5.10 Å². The summed E-state index contributed by atoms with van der Waals surface area (Å²) in [6, 6.07) is 0.0163. The highest BCUT2D eigenvalue weighted by Gasteiger charge is 2.58. The SMILES string of the molecule is CCONC(=O)[C@]12CC3CC(C1)[C@@H](NC(=O)c1cnn(/C=C/C(C)(C)NC(C)=O)c1OCC(C)C)C(C3)C2. The van der Waals surface area contributed by atoms with Crippen molar-refractivity contribution in [2.75, 3.05) is 13.2 Å². The lowest BCUT2D eigenvalue weighted by molar-refractivity contribution is -0.161. The summed E-state index contributed by atoms with van der Waals surface area (Å²) in [5.74, 6) is 1.30. The van der Waals surface area contributed by atoms with Gasteiger partial charge in [-0.1, -0.05) is 13.8 Å². The molecule has 0 radical (unpaired) electrons. The number of amides is 3. The van der Waals surface area contributed by atoms with Crippen molar-refractivity contribution in [1.29, 1.82) is 0 Å². The predicted molar refractivity (Wildman–Crippen MR) is 143 cm³/mol. The molecule has 2 unspecified atom stereocenters. The summed E-state index contributed by atoms with van der Waals surface area (Å²) in [7, 11) is 0. The zero-order valence-corrected chi connectivity index (χ0v) is 23.5. The van der Waals surface area contributed by atoms with Crippen LogP contribution in [0.3, 0.4) is 0 Å². The van der Waals surface area contributed by atoms with Gasteiger partial charge in [0.25, 0.3) is 5.91 Å². The molecule has 10 nitrogen and oxygen atoms in total.